The Bertz CT molecular complexity index is 1000. The number of nitrogens with zero attached hydrogens (tertiary/aromatic N) is 5. The van der Waals surface area contributed by atoms with Crippen molar-refractivity contribution in [1.29, 1.82) is 0 Å². The van der Waals surface area contributed by atoms with Crippen molar-refractivity contribution in [3.8, 4) is 11.3 Å². The lowest BCUT2D eigenvalue weighted by atomic mass is 9.80. The van der Waals surface area contributed by atoms with Gasteiger partial charge in [-0.05, 0) is 43.7 Å². The monoisotopic (exact) mass is 378 g/mol. The predicted octanol–water partition coefficient (Wildman–Crippen LogP) is 2.34. The number of fused-ring (bicyclic) bond motifs is 2. The molecule has 1 saturated heterocycles. The molecule has 3 aromatic rings. The van der Waals surface area contributed by atoms with Crippen LogP contribution in [0.3, 0.4) is 0 Å². The van der Waals surface area contributed by atoms with E-state index >= 15 is 0 Å². The molecular weight excluding hydrogens is 352 g/mol. The molecule has 0 atom stereocenters. The Balaban J connectivity index is 1.47. The maximum atomic E-state index is 5.93. The number of H-pyrrole nitrogens is 1. The van der Waals surface area contributed by atoms with Crippen molar-refractivity contribution in [2.45, 2.75) is 32.6 Å². The molecule has 8 nitrogen and oxygen atoms in total. The SMILES string of the molecule is CC1(CN)CCN(c2cnc3c(-c4ccnc5c4CCCN5)n[nH]c3n2)CC1. The summed E-state index contributed by atoms with van der Waals surface area (Å²) in [5.41, 5.74) is 10.9. The Kier molecular flexibility index (Phi) is 4.16. The van der Waals surface area contributed by atoms with Crippen molar-refractivity contribution in [2.75, 3.05) is 36.4 Å². The van der Waals surface area contributed by atoms with Crippen LogP contribution >= 0.6 is 0 Å². The van der Waals surface area contributed by atoms with Crippen molar-refractivity contribution in [1.82, 2.24) is 25.1 Å². The fraction of sp³-hybridized carbons (Fsp3) is 0.500. The van der Waals surface area contributed by atoms with Crippen molar-refractivity contribution in [3.05, 3.63) is 24.0 Å². The first kappa shape index (κ1) is 17.4. The lowest BCUT2D eigenvalue weighted by Gasteiger charge is -2.39. The van der Waals surface area contributed by atoms with Crippen LogP contribution < -0.4 is 16.0 Å². The largest absolute Gasteiger partial charge is 0.370 e. The molecule has 2 aliphatic heterocycles. The van der Waals surface area contributed by atoms with Gasteiger partial charge < -0.3 is 16.0 Å². The number of pyridine rings is 1. The third-order valence-electron chi connectivity index (χ3n) is 6.25. The van der Waals surface area contributed by atoms with Crippen LogP contribution in [0, 0.1) is 5.41 Å². The molecular formula is C20H26N8. The van der Waals surface area contributed by atoms with E-state index in [0.29, 0.717) is 0 Å². The number of hydrogen-bond acceptors (Lipinski definition) is 7. The lowest BCUT2D eigenvalue weighted by Crippen LogP contribution is -2.42. The van der Waals surface area contributed by atoms with E-state index in [9.17, 15) is 0 Å². The smallest absolute Gasteiger partial charge is 0.177 e. The van der Waals surface area contributed by atoms with Crippen LogP contribution in [-0.2, 0) is 6.42 Å². The Morgan fingerprint density at radius 2 is 2.11 bits per heavy atom. The van der Waals surface area contributed by atoms with Gasteiger partial charge in [-0.25, -0.2) is 15.0 Å². The second kappa shape index (κ2) is 6.70. The number of aromatic nitrogens is 5. The summed E-state index contributed by atoms with van der Waals surface area (Å²) >= 11 is 0. The minimum Gasteiger partial charge on any atom is -0.370 e. The summed E-state index contributed by atoms with van der Waals surface area (Å²) < 4.78 is 0. The minimum atomic E-state index is 0.240. The van der Waals surface area contributed by atoms with E-state index in [1.54, 1.807) is 0 Å². The van der Waals surface area contributed by atoms with E-state index in [0.717, 1.165) is 85.9 Å². The Morgan fingerprint density at radius 3 is 2.93 bits per heavy atom. The van der Waals surface area contributed by atoms with Gasteiger partial charge in [-0.3, -0.25) is 5.10 Å². The minimum absolute atomic E-state index is 0.240. The van der Waals surface area contributed by atoms with Crippen LogP contribution in [0.1, 0.15) is 31.7 Å². The van der Waals surface area contributed by atoms with Crippen LogP contribution in [0.15, 0.2) is 18.5 Å². The fourth-order valence-corrected chi connectivity index (χ4v) is 4.20. The molecule has 28 heavy (non-hydrogen) atoms. The van der Waals surface area contributed by atoms with Crippen molar-refractivity contribution < 1.29 is 0 Å². The molecule has 0 aromatic carbocycles. The highest BCUT2D eigenvalue weighted by atomic mass is 15.2. The summed E-state index contributed by atoms with van der Waals surface area (Å²) in [6.45, 7) is 5.88. The molecule has 0 aliphatic carbocycles. The molecule has 0 radical (unpaired) electrons. The van der Waals surface area contributed by atoms with Gasteiger partial charge in [0.05, 0.1) is 6.20 Å². The zero-order chi connectivity index (χ0) is 19.1. The van der Waals surface area contributed by atoms with Gasteiger partial charge in [-0.1, -0.05) is 6.92 Å². The molecule has 0 spiro atoms. The van der Waals surface area contributed by atoms with E-state index in [2.05, 4.69) is 32.3 Å². The van der Waals surface area contributed by atoms with Gasteiger partial charge >= 0.3 is 0 Å². The number of nitrogens with two attached hydrogens (primary N) is 1. The summed E-state index contributed by atoms with van der Waals surface area (Å²) in [6.07, 6.45) is 7.95. The maximum Gasteiger partial charge on any atom is 0.177 e. The van der Waals surface area contributed by atoms with E-state index in [1.807, 2.05) is 18.5 Å². The molecule has 5 rings (SSSR count). The van der Waals surface area contributed by atoms with Gasteiger partial charge in [0, 0.05) is 37.0 Å². The summed E-state index contributed by atoms with van der Waals surface area (Å²) in [5, 5.41) is 11.0. The molecule has 0 bridgehead atoms. The molecule has 0 saturated carbocycles. The molecule has 146 valence electrons. The summed E-state index contributed by atoms with van der Waals surface area (Å²) in [4.78, 5) is 16.3. The molecule has 1 fully saturated rings. The predicted molar refractivity (Wildman–Crippen MR) is 110 cm³/mol. The second-order valence-corrected chi connectivity index (χ2v) is 8.22. The maximum absolute atomic E-state index is 5.93. The summed E-state index contributed by atoms with van der Waals surface area (Å²) in [7, 11) is 0. The third-order valence-corrected chi connectivity index (χ3v) is 6.25. The van der Waals surface area contributed by atoms with Crippen LogP contribution in [0.5, 0.6) is 0 Å². The quantitative estimate of drug-likeness (QED) is 0.642. The zero-order valence-electron chi connectivity index (χ0n) is 16.2. The van der Waals surface area contributed by atoms with Gasteiger partial charge in [0.15, 0.2) is 5.65 Å². The molecule has 2 aliphatic rings. The molecule has 5 heterocycles. The molecule has 8 heteroatoms. The van der Waals surface area contributed by atoms with Crippen molar-refractivity contribution >= 4 is 22.8 Å². The van der Waals surface area contributed by atoms with Gasteiger partial charge in [-0.2, -0.15) is 5.10 Å². The average Bonchev–Trinajstić information content (AvgIpc) is 3.17. The first-order valence-electron chi connectivity index (χ1n) is 10.1. The molecule has 0 unspecified atom stereocenters. The molecule has 3 aromatic heterocycles. The van der Waals surface area contributed by atoms with Crippen LogP contribution in [0.25, 0.3) is 22.4 Å². The summed E-state index contributed by atoms with van der Waals surface area (Å²) in [5.74, 6) is 1.86. The Morgan fingerprint density at radius 1 is 1.25 bits per heavy atom. The topological polar surface area (TPSA) is 109 Å². The van der Waals surface area contributed by atoms with E-state index < -0.39 is 0 Å². The lowest BCUT2D eigenvalue weighted by molar-refractivity contribution is 0.258. The number of rotatable bonds is 3. The number of piperidine rings is 1. The van der Waals surface area contributed by atoms with Crippen LogP contribution in [-0.4, -0.2) is 51.3 Å². The summed E-state index contributed by atoms with van der Waals surface area (Å²) in [6, 6.07) is 2.02. The second-order valence-electron chi connectivity index (χ2n) is 8.22. The van der Waals surface area contributed by atoms with Crippen LogP contribution in [0.4, 0.5) is 11.6 Å². The number of aromatic amines is 1. The van der Waals surface area contributed by atoms with E-state index in [4.69, 9.17) is 15.7 Å². The Hall–Kier alpha value is -2.74. The number of hydrogen-bond donors (Lipinski definition) is 3. The Labute approximate surface area is 164 Å². The fourth-order valence-electron chi connectivity index (χ4n) is 4.20. The van der Waals surface area contributed by atoms with Crippen molar-refractivity contribution in [3.63, 3.8) is 0 Å². The first-order chi connectivity index (χ1) is 13.7. The highest BCUT2D eigenvalue weighted by molar-refractivity contribution is 5.90. The van der Waals surface area contributed by atoms with E-state index in [-0.39, 0.29) is 5.41 Å². The van der Waals surface area contributed by atoms with Crippen molar-refractivity contribution in [2.24, 2.45) is 11.1 Å². The standard InChI is InChI=1S/C20H26N8/c1-20(12-21)5-9-28(10-6-20)15-11-24-17-16(26-27-19(17)25-15)13-4-8-23-18-14(13)3-2-7-22-18/h4,8,11H,2-3,5-7,9-10,12,21H2,1H3,(H,22,23)(H,25,26,27). The molecule has 0 amide bonds. The van der Waals surface area contributed by atoms with E-state index in [1.165, 1.54) is 5.56 Å². The third kappa shape index (κ3) is 2.88. The van der Waals surface area contributed by atoms with Gasteiger partial charge in [0.2, 0.25) is 0 Å². The van der Waals surface area contributed by atoms with Gasteiger partial charge in [0.1, 0.15) is 22.8 Å². The van der Waals surface area contributed by atoms with Gasteiger partial charge in [-0.15, -0.1) is 0 Å². The van der Waals surface area contributed by atoms with Gasteiger partial charge in [0.25, 0.3) is 0 Å². The number of nitrogens with one attached hydrogen (secondary N) is 2. The highest BCUT2D eigenvalue weighted by Gasteiger charge is 2.29. The van der Waals surface area contributed by atoms with Crippen LogP contribution in [0.2, 0.25) is 0 Å². The number of anilines is 2. The average molecular weight is 378 g/mol. The first-order valence-corrected chi connectivity index (χ1v) is 10.1. The molecule has 4 N–H and O–H groups in total. The normalized spacial score (nSPS) is 18.7. The highest BCUT2D eigenvalue weighted by Crippen LogP contribution is 2.34. The zero-order valence-corrected chi connectivity index (χ0v) is 16.2.